The molecule has 1 aromatic carbocycles. The number of aryl methyl sites for hydroxylation is 1. The Morgan fingerprint density at radius 1 is 1.31 bits per heavy atom. The van der Waals surface area contributed by atoms with Gasteiger partial charge >= 0.3 is 0 Å². The zero-order valence-electron chi connectivity index (χ0n) is 7.32. The van der Waals surface area contributed by atoms with E-state index in [-0.39, 0.29) is 0 Å². The number of aromatic nitrogens is 1. The van der Waals surface area contributed by atoms with Crippen LogP contribution in [-0.2, 0) is 0 Å². The van der Waals surface area contributed by atoms with Gasteiger partial charge in [-0.25, -0.2) is 0 Å². The highest BCUT2D eigenvalue weighted by atomic mass is 31.0. The molecule has 0 radical (unpaired) electrons. The van der Waals surface area contributed by atoms with Crippen molar-refractivity contribution in [3.8, 4) is 5.75 Å². The van der Waals surface area contributed by atoms with Gasteiger partial charge in [0, 0.05) is 11.1 Å². The Morgan fingerprint density at radius 3 is 2.77 bits per heavy atom. The van der Waals surface area contributed by atoms with Crippen LogP contribution < -0.4 is 4.52 Å². The maximum atomic E-state index is 5.07. The summed E-state index contributed by atoms with van der Waals surface area (Å²) in [5.41, 5.74) is 2.43. The molecule has 1 heterocycles. The highest BCUT2D eigenvalue weighted by Gasteiger charge is 2.02. The quantitative estimate of drug-likeness (QED) is 0.661. The minimum Gasteiger partial charge on any atom is -0.480 e. The van der Waals surface area contributed by atoms with E-state index in [1.54, 1.807) is 0 Å². The Kier molecular flexibility index (Phi) is 2.27. The maximum Gasteiger partial charge on any atom is 0.123 e. The molecule has 1 aromatic heterocycles. The topological polar surface area (TPSA) is 14.2 Å². The molecule has 68 valence electrons. The molecule has 0 aliphatic carbocycles. The molecule has 0 saturated carbocycles. The fourth-order valence-corrected chi connectivity index (χ4v) is 1.88. The van der Waals surface area contributed by atoms with E-state index < -0.39 is 0 Å². The van der Waals surface area contributed by atoms with Crippen molar-refractivity contribution in [2.75, 3.05) is 0 Å². The van der Waals surface area contributed by atoms with Gasteiger partial charge in [-0.05, 0) is 40.6 Å². The molecule has 0 aliphatic rings. The zero-order valence-corrected chi connectivity index (χ0v) is 9.63. The number of nitrogens with zero attached hydrogens (tertiary/aromatic N) is 1. The van der Waals surface area contributed by atoms with Gasteiger partial charge in [-0.3, -0.25) is 0 Å². The minimum absolute atomic E-state index is 0.869. The fraction of sp³-hybridized carbons (Fsp3) is 0.111. The lowest BCUT2D eigenvalue weighted by atomic mass is 10.2. The van der Waals surface area contributed by atoms with E-state index in [2.05, 4.69) is 42.3 Å². The monoisotopic (exact) mass is 211 g/mol. The summed E-state index contributed by atoms with van der Waals surface area (Å²) >= 11 is 0. The van der Waals surface area contributed by atoms with Crippen LogP contribution >= 0.6 is 18.9 Å². The van der Waals surface area contributed by atoms with E-state index in [1.165, 1.54) is 16.6 Å². The zero-order chi connectivity index (χ0) is 9.42. The maximum absolute atomic E-state index is 5.07. The van der Waals surface area contributed by atoms with Crippen LogP contribution in [0.25, 0.3) is 10.9 Å². The van der Waals surface area contributed by atoms with Crippen molar-refractivity contribution in [3.05, 3.63) is 30.0 Å². The van der Waals surface area contributed by atoms with Crippen LogP contribution in [-0.4, -0.2) is 4.34 Å². The molecule has 13 heavy (non-hydrogen) atoms. The average Bonchev–Trinajstić information content (AvgIpc) is 2.42. The molecule has 2 aromatic rings. The van der Waals surface area contributed by atoms with E-state index in [0.717, 1.165) is 5.75 Å². The van der Waals surface area contributed by atoms with Crippen molar-refractivity contribution in [3.63, 3.8) is 0 Å². The van der Waals surface area contributed by atoms with E-state index in [1.807, 2.05) is 12.1 Å². The largest absolute Gasteiger partial charge is 0.480 e. The lowest BCUT2D eigenvalue weighted by molar-refractivity contribution is 0.647. The number of fused-ring (bicyclic) bond motifs is 1. The predicted octanol–water partition coefficient (Wildman–Crippen LogP) is 2.76. The molecular formula is C9H11NOP2. The third-order valence-electron chi connectivity index (χ3n) is 2.14. The first-order chi connectivity index (χ1) is 6.22. The number of rotatable bonds is 1. The van der Waals surface area contributed by atoms with Gasteiger partial charge in [0.05, 0.1) is 15.0 Å². The Bertz CT molecular complexity index is 450. The SMILES string of the molecule is Cc1cc2cc(OP)ccc2n1P. The highest BCUT2D eigenvalue weighted by molar-refractivity contribution is 7.15. The minimum atomic E-state index is 0.869. The van der Waals surface area contributed by atoms with Crippen LogP contribution in [0.5, 0.6) is 5.75 Å². The highest BCUT2D eigenvalue weighted by Crippen LogP contribution is 2.26. The van der Waals surface area contributed by atoms with Crippen LogP contribution in [0.1, 0.15) is 5.69 Å². The van der Waals surface area contributed by atoms with Gasteiger partial charge in [-0.2, -0.15) is 0 Å². The molecule has 2 unspecified atom stereocenters. The molecule has 2 atom stereocenters. The molecule has 2 rings (SSSR count). The lowest BCUT2D eigenvalue weighted by Crippen LogP contribution is -1.80. The van der Waals surface area contributed by atoms with Crippen molar-refractivity contribution in [1.29, 1.82) is 0 Å². The van der Waals surface area contributed by atoms with Gasteiger partial charge in [-0.15, -0.1) is 0 Å². The van der Waals surface area contributed by atoms with Crippen molar-refractivity contribution < 1.29 is 4.52 Å². The number of benzene rings is 1. The van der Waals surface area contributed by atoms with Crippen LogP contribution in [0.2, 0.25) is 0 Å². The Morgan fingerprint density at radius 2 is 2.08 bits per heavy atom. The average molecular weight is 211 g/mol. The summed E-state index contributed by atoms with van der Waals surface area (Å²) in [6.07, 6.45) is 0. The van der Waals surface area contributed by atoms with Gasteiger partial charge in [0.1, 0.15) is 5.75 Å². The van der Waals surface area contributed by atoms with E-state index in [9.17, 15) is 0 Å². The van der Waals surface area contributed by atoms with E-state index >= 15 is 0 Å². The summed E-state index contributed by atoms with van der Waals surface area (Å²) in [4.78, 5) is 0. The summed E-state index contributed by atoms with van der Waals surface area (Å²) < 4.78 is 7.16. The van der Waals surface area contributed by atoms with Gasteiger partial charge in [0.25, 0.3) is 0 Å². The van der Waals surface area contributed by atoms with Crippen molar-refractivity contribution in [2.45, 2.75) is 6.92 Å². The third-order valence-corrected chi connectivity index (χ3v) is 3.10. The van der Waals surface area contributed by atoms with Crippen molar-refractivity contribution in [1.82, 2.24) is 4.34 Å². The second kappa shape index (κ2) is 3.29. The summed E-state index contributed by atoms with van der Waals surface area (Å²) in [5.74, 6) is 0.869. The first kappa shape index (κ1) is 8.99. The van der Waals surface area contributed by atoms with E-state index in [0.29, 0.717) is 0 Å². The molecule has 0 fully saturated rings. The molecule has 4 heteroatoms. The third kappa shape index (κ3) is 1.45. The molecule has 2 nitrogen and oxygen atoms in total. The van der Waals surface area contributed by atoms with Crippen LogP contribution in [0, 0.1) is 6.92 Å². The molecule has 0 aliphatic heterocycles. The van der Waals surface area contributed by atoms with Gasteiger partial charge < -0.3 is 8.86 Å². The number of hydrogen-bond donors (Lipinski definition) is 0. The molecule has 0 saturated heterocycles. The Hall–Kier alpha value is -0.580. The first-order valence-electron chi connectivity index (χ1n) is 3.96. The summed E-state index contributed by atoms with van der Waals surface area (Å²) in [6, 6.07) is 8.16. The molecule has 0 N–H and O–H groups in total. The molecule has 0 spiro atoms. The second-order valence-electron chi connectivity index (χ2n) is 2.99. The number of hydrogen-bond acceptors (Lipinski definition) is 1. The van der Waals surface area contributed by atoms with Crippen LogP contribution in [0.3, 0.4) is 0 Å². The summed E-state index contributed by atoms with van der Waals surface area (Å²) in [6.45, 7) is 2.08. The van der Waals surface area contributed by atoms with Gasteiger partial charge in [0.2, 0.25) is 0 Å². The van der Waals surface area contributed by atoms with Gasteiger partial charge in [-0.1, -0.05) is 0 Å². The fourth-order valence-electron chi connectivity index (χ4n) is 1.43. The van der Waals surface area contributed by atoms with Crippen molar-refractivity contribution in [2.24, 2.45) is 0 Å². The van der Waals surface area contributed by atoms with Gasteiger partial charge in [0.15, 0.2) is 0 Å². The summed E-state index contributed by atoms with van der Waals surface area (Å²) in [5, 5.41) is 1.20. The molecule has 0 bridgehead atoms. The second-order valence-corrected chi connectivity index (χ2v) is 3.75. The summed E-state index contributed by atoms with van der Waals surface area (Å²) in [7, 11) is 4.94. The smallest absolute Gasteiger partial charge is 0.123 e. The first-order valence-corrected chi connectivity index (χ1v) is 4.95. The standard InChI is InChI=1S/C9H11NOP2/c1-6-4-7-5-8(11-13)2-3-9(7)10(6)12/h2-5H,12-13H2,1H3. The Balaban J connectivity index is 2.73. The van der Waals surface area contributed by atoms with Crippen molar-refractivity contribution >= 4 is 29.8 Å². The van der Waals surface area contributed by atoms with Crippen LogP contribution in [0.4, 0.5) is 0 Å². The predicted molar refractivity (Wildman–Crippen MR) is 62.1 cm³/mol. The van der Waals surface area contributed by atoms with Crippen LogP contribution in [0.15, 0.2) is 24.3 Å². The molecule has 0 amide bonds. The normalized spacial score (nSPS) is 10.7. The van der Waals surface area contributed by atoms with E-state index in [4.69, 9.17) is 4.52 Å². The Labute approximate surface area is 81.8 Å². The molecular weight excluding hydrogens is 200 g/mol. The lowest BCUT2D eigenvalue weighted by Gasteiger charge is -2.00.